The lowest BCUT2D eigenvalue weighted by Gasteiger charge is -2.14. The van der Waals surface area contributed by atoms with Crippen molar-refractivity contribution in [2.45, 2.75) is 32.9 Å². The van der Waals surface area contributed by atoms with Crippen molar-refractivity contribution in [1.82, 2.24) is 5.32 Å². The average molecular weight is 174 g/mol. The van der Waals surface area contributed by atoms with E-state index in [-0.39, 0.29) is 11.9 Å². The van der Waals surface area contributed by atoms with Crippen molar-refractivity contribution in [2.75, 3.05) is 13.2 Å². The van der Waals surface area contributed by atoms with Gasteiger partial charge in [0.15, 0.2) is 0 Å². The Morgan fingerprint density at radius 1 is 1.58 bits per heavy atom. The maximum absolute atomic E-state index is 11.0. The second-order valence-corrected chi connectivity index (χ2v) is 2.86. The van der Waals surface area contributed by atoms with Crippen LogP contribution in [0, 0.1) is 0 Å². The van der Waals surface area contributed by atoms with E-state index in [1.165, 1.54) is 0 Å². The monoisotopic (exact) mass is 174 g/mol. The average Bonchev–Trinajstić information content (AvgIpc) is 2.00. The van der Waals surface area contributed by atoms with Crippen molar-refractivity contribution in [2.24, 2.45) is 5.73 Å². The molecule has 2 atom stereocenters. The molecule has 0 radical (unpaired) electrons. The van der Waals surface area contributed by atoms with Gasteiger partial charge in [0.25, 0.3) is 0 Å². The second kappa shape index (κ2) is 5.97. The Bertz CT molecular complexity index is 137. The van der Waals surface area contributed by atoms with E-state index in [1.54, 1.807) is 6.92 Å². The molecule has 1 amide bonds. The molecule has 4 nitrogen and oxygen atoms in total. The maximum atomic E-state index is 11.0. The predicted molar refractivity (Wildman–Crippen MR) is 47.7 cm³/mol. The van der Waals surface area contributed by atoms with Gasteiger partial charge in [-0.25, -0.2) is 0 Å². The zero-order valence-electron chi connectivity index (χ0n) is 7.96. The van der Waals surface area contributed by atoms with Crippen molar-refractivity contribution in [3.05, 3.63) is 0 Å². The minimum Gasteiger partial charge on any atom is -0.380 e. The number of amides is 1. The van der Waals surface area contributed by atoms with Gasteiger partial charge in [-0.3, -0.25) is 4.79 Å². The highest BCUT2D eigenvalue weighted by molar-refractivity contribution is 5.81. The molecule has 0 rings (SSSR count). The van der Waals surface area contributed by atoms with Crippen LogP contribution in [0.15, 0.2) is 0 Å². The Morgan fingerprint density at radius 3 is 2.58 bits per heavy atom. The highest BCUT2D eigenvalue weighted by Crippen LogP contribution is 1.85. The summed E-state index contributed by atoms with van der Waals surface area (Å²) in [5.41, 5.74) is 5.36. The first-order valence-electron chi connectivity index (χ1n) is 4.21. The van der Waals surface area contributed by atoms with Crippen LogP contribution in [0.2, 0.25) is 0 Å². The van der Waals surface area contributed by atoms with Crippen LogP contribution in [-0.4, -0.2) is 31.2 Å². The maximum Gasteiger partial charge on any atom is 0.236 e. The van der Waals surface area contributed by atoms with Gasteiger partial charge in [0.05, 0.1) is 12.6 Å². The normalized spacial score (nSPS) is 15.3. The quantitative estimate of drug-likeness (QED) is 0.610. The van der Waals surface area contributed by atoms with E-state index < -0.39 is 6.04 Å². The number of rotatable bonds is 5. The summed E-state index contributed by atoms with van der Waals surface area (Å²) in [7, 11) is 0. The Morgan fingerprint density at radius 2 is 2.17 bits per heavy atom. The van der Waals surface area contributed by atoms with Crippen LogP contribution in [0.1, 0.15) is 20.8 Å². The lowest BCUT2D eigenvalue weighted by molar-refractivity contribution is -0.123. The van der Waals surface area contributed by atoms with Crippen LogP contribution < -0.4 is 11.1 Å². The highest BCUT2D eigenvalue weighted by atomic mass is 16.5. The molecule has 0 aromatic rings. The zero-order valence-corrected chi connectivity index (χ0v) is 7.96. The highest BCUT2D eigenvalue weighted by Gasteiger charge is 2.10. The molecule has 3 N–H and O–H groups in total. The number of hydrogen-bond donors (Lipinski definition) is 2. The second-order valence-electron chi connectivity index (χ2n) is 2.86. The number of carbonyl (C=O) groups excluding carboxylic acids is 1. The number of carbonyl (C=O) groups is 1. The zero-order chi connectivity index (χ0) is 9.56. The number of ether oxygens (including phenoxy) is 1. The fourth-order valence-corrected chi connectivity index (χ4v) is 0.711. The SMILES string of the molecule is CCOCC(C)NC(=O)C(C)N. The molecule has 12 heavy (non-hydrogen) atoms. The molecule has 0 aromatic carbocycles. The molecule has 0 aliphatic carbocycles. The number of nitrogens with one attached hydrogen (secondary N) is 1. The number of hydrogen-bond acceptors (Lipinski definition) is 3. The largest absolute Gasteiger partial charge is 0.380 e. The van der Waals surface area contributed by atoms with Crippen LogP contribution in [0.4, 0.5) is 0 Å². The van der Waals surface area contributed by atoms with Gasteiger partial charge in [-0.2, -0.15) is 0 Å². The Balaban J connectivity index is 3.54. The summed E-state index contributed by atoms with van der Waals surface area (Å²) in [6.45, 7) is 6.66. The van der Waals surface area contributed by atoms with Gasteiger partial charge in [-0.05, 0) is 20.8 Å². The van der Waals surface area contributed by atoms with Crippen LogP contribution in [-0.2, 0) is 9.53 Å². The van der Waals surface area contributed by atoms with Crippen LogP contribution in [0.5, 0.6) is 0 Å². The van der Waals surface area contributed by atoms with E-state index in [9.17, 15) is 4.79 Å². The van der Waals surface area contributed by atoms with E-state index in [2.05, 4.69) is 5.32 Å². The van der Waals surface area contributed by atoms with E-state index in [0.29, 0.717) is 13.2 Å². The summed E-state index contributed by atoms with van der Waals surface area (Å²) in [5.74, 6) is -0.137. The molecule has 4 heteroatoms. The summed E-state index contributed by atoms with van der Waals surface area (Å²) in [6.07, 6.45) is 0. The van der Waals surface area contributed by atoms with Gasteiger partial charge in [0.2, 0.25) is 5.91 Å². The van der Waals surface area contributed by atoms with E-state index in [4.69, 9.17) is 10.5 Å². The molecule has 0 saturated heterocycles. The molecule has 0 aliphatic rings. The molecule has 0 aromatic heterocycles. The first-order chi connectivity index (χ1) is 5.57. The molecule has 0 aliphatic heterocycles. The first kappa shape index (κ1) is 11.4. The standard InChI is InChI=1S/C8H18N2O2/c1-4-12-5-6(2)10-8(11)7(3)9/h6-7H,4-5,9H2,1-3H3,(H,10,11). The molecule has 0 saturated carbocycles. The fourth-order valence-electron chi connectivity index (χ4n) is 0.711. The first-order valence-corrected chi connectivity index (χ1v) is 4.21. The molecule has 0 fully saturated rings. The van der Waals surface area contributed by atoms with Gasteiger partial charge in [0, 0.05) is 12.6 Å². The van der Waals surface area contributed by atoms with Crippen molar-refractivity contribution < 1.29 is 9.53 Å². The summed E-state index contributed by atoms with van der Waals surface area (Å²) in [4.78, 5) is 11.0. The van der Waals surface area contributed by atoms with E-state index in [1.807, 2.05) is 13.8 Å². The Kier molecular flexibility index (Phi) is 5.66. The van der Waals surface area contributed by atoms with Gasteiger partial charge in [-0.1, -0.05) is 0 Å². The van der Waals surface area contributed by atoms with Gasteiger partial charge >= 0.3 is 0 Å². The summed E-state index contributed by atoms with van der Waals surface area (Å²) >= 11 is 0. The molecule has 2 unspecified atom stereocenters. The predicted octanol–water partition coefficient (Wildman–Crippen LogP) is -0.125. The lowest BCUT2D eigenvalue weighted by atomic mass is 10.3. The third kappa shape index (κ3) is 5.09. The van der Waals surface area contributed by atoms with Gasteiger partial charge in [-0.15, -0.1) is 0 Å². The van der Waals surface area contributed by atoms with Crippen molar-refractivity contribution in [1.29, 1.82) is 0 Å². The fraction of sp³-hybridized carbons (Fsp3) is 0.875. The smallest absolute Gasteiger partial charge is 0.236 e. The van der Waals surface area contributed by atoms with E-state index in [0.717, 1.165) is 0 Å². The van der Waals surface area contributed by atoms with Gasteiger partial charge < -0.3 is 15.8 Å². The molecule has 0 heterocycles. The number of nitrogens with two attached hydrogens (primary N) is 1. The molecule has 0 spiro atoms. The minimum absolute atomic E-state index is 0.0310. The molecule has 72 valence electrons. The lowest BCUT2D eigenvalue weighted by Crippen LogP contribution is -2.44. The summed E-state index contributed by atoms with van der Waals surface area (Å²) in [5, 5.41) is 2.73. The Hall–Kier alpha value is -0.610. The molecular formula is C8H18N2O2. The third-order valence-corrected chi connectivity index (χ3v) is 1.37. The van der Waals surface area contributed by atoms with Crippen LogP contribution in [0.25, 0.3) is 0 Å². The van der Waals surface area contributed by atoms with Gasteiger partial charge in [0.1, 0.15) is 0 Å². The summed E-state index contributed by atoms with van der Waals surface area (Å²) < 4.78 is 5.12. The molecular weight excluding hydrogens is 156 g/mol. The minimum atomic E-state index is -0.450. The third-order valence-electron chi connectivity index (χ3n) is 1.37. The van der Waals surface area contributed by atoms with Crippen molar-refractivity contribution in [3.63, 3.8) is 0 Å². The topological polar surface area (TPSA) is 64.3 Å². The molecule has 0 bridgehead atoms. The van der Waals surface area contributed by atoms with E-state index >= 15 is 0 Å². The summed E-state index contributed by atoms with van der Waals surface area (Å²) in [6, 6.07) is -0.419. The van der Waals surface area contributed by atoms with Crippen molar-refractivity contribution in [3.8, 4) is 0 Å². The van der Waals surface area contributed by atoms with Crippen LogP contribution >= 0.6 is 0 Å². The van der Waals surface area contributed by atoms with Crippen molar-refractivity contribution >= 4 is 5.91 Å². The van der Waals surface area contributed by atoms with Crippen LogP contribution in [0.3, 0.4) is 0 Å². The Labute approximate surface area is 73.5 Å².